The lowest BCUT2D eigenvalue weighted by Gasteiger charge is -2.21. The number of nitrogen functional groups attached to an aromatic ring is 1. The first-order valence-corrected chi connectivity index (χ1v) is 14.7. The summed E-state index contributed by atoms with van der Waals surface area (Å²) >= 11 is 0. The Morgan fingerprint density at radius 2 is 1.31 bits per heavy atom. The van der Waals surface area contributed by atoms with Gasteiger partial charge in [0.15, 0.2) is 11.2 Å². The highest BCUT2D eigenvalue weighted by Gasteiger charge is 2.24. The van der Waals surface area contributed by atoms with Crippen molar-refractivity contribution >= 4 is 41.2 Å². The van der Waals surface area contributed by atoms with Crippen LogP contribution in [0.2, 0.25) is 0 Å². The molecule has 2 heterocycles. The molecule has 2 amide bonds. The van der Waals surface area contributed by atoms with Gasteiger partial charge in [-0.05, 0) is 25.0 Å². The van der Waals surface area contributed by atoms with E-state index in [0.29, 0.717) is 0 Å². The number of nitrogens with zero attached hydrogens (tertiary/aromatic N) is 3. The van der Waals surface area contributed by atoms with Crippen molar-refractivity contribution in [2.75, 3.05) is 18.9 Å². The van der Waals surface area contributed by atoms with Crippen LogP contribution in [0.3, 0.4) is 0 Å². The van der Waals surface area contributed by atoms with Gasteiger partial charge in [-0.2, -0.15) is 4.98 Å². The lowest BCUT2D eigenvalue weighted by molar-refractivity contribution is -0.159. The second-order valence-corrected chi connectivity index (χ2v) is 10.4. The highest BCUT2D eigenvalue weighted by molar-refractivity contribution is 5.81. The highest BCUT2D eigenvalue weighted by Crippen LogP contribution is 2.09. The summed E-state index contributed by atoms with van der Waals surface area (Å²) in [6, 6.07) is 15.8. The zero-order valence-electron chi connectivity index (χ0n) is 26.1. The number of nitrogens with two attached hydrogens (primary N) is 1. The van der Waals surface area contributed by atoms with E-state index < -0.39 is 61.1 Å². The normalized spacial score (nSPS) is 12.1. The largest absolute Gasteiger partial charge is 0.461 e. The molecule has 0 spiro atoms. The smallest absolute Gasteiger partial charge is 0.408 e. The summed E-state index contributed by atoms with van der Waals surface area (Å²) in [5.74, 6) is -1.78. The molecule has 0 saturated heterocycles. The van der Waals surface area contributed by atoms with Crippen molar-refractivity contribution in [2.45, 2.75) is 52.0 Å². The fourth-order valence-corrected chi connectivity index (χ4v) is 4.00. The maximum atomic E-state index is 12.7. The predicted molar refractivity (Wildman–Crippen MR) is 168 cm³/mol. The number of benzene rings is 2. The first-order valence-electron chi connectivity index (χ1n) is 14.7. The van der Waals surface area contributed by atoms with Crippen LogP contribution in [0.15, 0.2) is 71.8 Å². The second-order valence-electron chi connectivity index (χ2n) is 10.4. The minimum absolute atomic E-state index is 0.00303. The molecule has 0 aliphatic rings. The van der Waals surface area contributed by atoms with Crippen LogP contribution in [-0.4, -0.2) is 75.0 Å². The number of imidazole rings is 1. The van der Waals surface area contributed by atoms with Gasteiger partial charge in [0.25, 0.3) is 5.56 Å². The van der Waals surface area contributed by atoms with Crippen LogP contribution in [-0.2, 0) is 53.2 Å². The molecule has 0 unspecified atom stereocenters. The van der Waals surface area contributed by atoms with Crippen molar-refractivity contribution in [3.8, 4) is 0 Å². The number of rotatable bonds is 15. The first kappa shape index (κ1) is 34.9. The third kappa shape index (κ3) is 10.5. The number of hydrogen-bond donors (Lipinski definition) is 4. The molecule has 0 aliphatic carbocycles. The van der Waals surface area contributed by atoms with Gasteiger partial charge in [-0.15, -0.1) is 0 Å². The number of H-pyrrole nitrogens is 1. The van der Waals surface area contributed by atoms with Crippen LogP contribution in [0.4, 0.5) is 15.5 Å². The molecule has 0 fully saturated rings. The number of carbonyl (C=O) groups excluding carboxylic acids is 4. The van der Waals surface area contributed by atoms with E-state index in [1.807, 2.05) is 12.1 Å². The Labute approximate surface area is 273 Å². The van der Waals surface area contributed by atoms with Crippen molar-refractivity contribution in [3.05, 3.63) is 88.5 Å². The summed E-state index contributed by atoms with van der Waals surface area (Å²) in [6.07, 6.45) is -1.42. The molecule has 5 N–H and O–H groups in total. The summed E-state index contributed by atoms with van der Waals surface area (Å²) in [5.41, 5.74) is 6.77. The zero-order chi connectivity index (χ0) is 34.5. The molecule has 0 saturated carbocycles. The maximum Gasteiger partial charge on any atom is 0.408 e. The van der Waals surface area contributed by atoms with E-state index in [9.17, 15) is 24.0 Å². The Morgan fingerprint density at radius 1 is 0.812 bits per heavy atom. The molecule has 4 aromatic rings. The number of ether oxygens (including phenoxy) is 5. The number of aromatic amines is 1. The SMILES string of the molecule is C[C@H](NC(=O)OCc1ccccc1)C(=O)OCC(COC(=O)[C@H](C)NC(=O)OCc1ccccc1)OCn1cnc2c(=O)[nH]c(N)nc21. The fraction of sp³-hybridized carbons (Fsp3) is 0.323. The van der Waals surface area contributed by atoms with Gasteiger partial charge in [-0.3, -0.25) is 14.3 Å². The van der Waals surface area contributed by atoms with E-state index in [0.717, 1.165) is 11.1 Å². The van der Waals surface area contributed by atoms with Gasteiger partial charge in [0.05, 0.1) is 6.33 Å². The summed E-state index contributed by atoms with van der Waals surface area (Å²) in [7, 11) is 0. The van der Waals surface area contributed by atoms with Gasteiger partial charge in [-0.1, -0.05) is 60.7 Å². The summed E-state index contributed by atoms with van der Waals surface area (Å²) in [4.78, 5) is 72.2. The Morgan fingerprint density at radius 3 is 1.81 bits per heavy atom. The Hall–Kier alpha value is -5.97. The van der Waals surface area contributed by atoms with Crippen molar-refractivity contribution in [2.24, 2.45) is 0 Å². The van der Waals surface area contributed by atoms with Crippen LogP contribution >= 0.6 is 0 Å². The lowest BCUT2D eigenvalue weighted by atomic mass is 10.2. The summed E-state index contributed by atoms with van der Waals surface area (Å²) in [6.45, 7) is 1.72. The van der Waals surface area contributed by atoms with Crippen LogP contribution in [0.25, 0.3) is 11.2 Å². The van der Waals surface area contributed by atoms with Crippen molar-refractivity contribution < 1.29 is 42.9 Å². The molecule has 4 rings (SSSR count). The summed E-state index contributed by atoms with van der Waals surface area (Å²) in [5, 5.41) is 4.77. The van der Waals surface area contributed by atoms with E-state index in [2.05, 4.69) is 25.6 Å². The number of carbonyl (C=O) groups is 4. The minimum Gasteiger partial charge on any atom is -0.461 e. The molecule has 17 heteroatoms. The van der Waals surface area contributed by atoms with Crippen LogP contribution in [0, 0.1) is 0 Å². The van der Waals surface area contributed by atoms with Crippen molar-refractivity contribution in [3.63, 3.8) is 0 Å². The van der Waals surface area contributed by atoms with Crippen LogP contribution < -0.4 is 21.9 Å². The molecular formula is C31H35N7O10. The lowest BCUT2D eigenvalue weighted by Crippen LogP contribution is -2.42. The van der Waals surface area contributed by atoms with Gasteiger partial charge in [-0.25, -0.2) is 24.2 Å². The molecule has 2 aromatic carbocycles. The summed E-state index contributed by atoms with van der Waals surface area (Å²) < 4.78 is 28.1. The molecule has 17 nitrogen and oxygen atoms in total. The minimum atomic E-state index is -1.10. The molecular weight excluding hydrogens is 630 g/mol. The van der Waals surface area contributed by atoms with E-state index in [4.69, 9.17) is 29.4 Å². The van der Waals surface area contributed by atoms with Gasteiger partial charge < -0.3 is 40.1 Å². The average molecular weight is 666 g/mol. The van der Waals surface area contributed by atoms with E-state index in [1.165, 1.54) is 24.7 Å². The Kier molecular flexibility index (Phi) is 12.4. The standard InChI is InChI=1S/C31H35N7O10/c1-19(34-30(42)46-13-21-9-5-3-6-10-21)27(40)44-15-23(48-18-38-17-33-24-25(38)36-29(32)37-26(24)39)16-45-28(41)20(2)35-31(43)47-14-22-11-7-4-8-12-22/h3-12,17,19-20,23H,13-16,18H2,1-2H3,(H,34,42)(H,35,43)(H3,32,36,37,39)/t19-,20-/m0/s1. The average Bonchev–Trinajstić information content (AvgIpc) is 3.49. The molecule has 0 radical (unpaired) electrons. The molecule has 2 aromatic heterocycles. The quantitative estimate of drug-likeness (QED) is 0.105. The number of hydrogen-bond acceptors (Lipinski definition) is 13. The molecule has 254 valence electrons. The number of amides is 2. The fourth-order valence-electron chi connectivity index (χ4n) is 4.00. The molecule has 2 atom stereocenters. The Balaban J connectivity index is 1.31. The van der Waals surface area contributed by atoms with Crippen LogP contribution in [0.5, 0.6) is 0 Å². The van der Waals surface area contributed by atoms with Gasteiger partial charge >= 0.3 is 24.1 Å². The predicted octanol–water partition coefficient (Wildman–Crippen LogP) is 1.76. The molecule has 0 aliphatic heterocycles. The van der Waals surface area contributed by atoms with Gasteiger partial charge in [0.1, 0.15) is 51.3 Å². The number of anilines is 1. The molecule has 48 heavy (non-hydrogen) atoms. The van der Waals surface area contributed by atoms with Crippen molar-refractivity contribution in [1.82, 2.24) is 30.2 Å². The van der Waals surface area contributed by atoms with Crippen LogP contribution in [0.1, 0.15) is 25.0 Å². The Bertz CT molecular complexity index is 1670. The number of nitrogens with one attached hydrogen (secondary N) is 3. The zero-order valence-corrected chi connectivity index (χ0v) is 26.1. The number of esters is 2. The molecule has 0 bridgehead atoms. The number of alkyl carbamates (subject to hydrolysis) is 2. The topological polar surface area (TPSA) is 228 Å². The van der Waals surface area contributed by atoms with Gasteiger partial charge in [0, 0.05) is 0 Å². The number of fused-ring (bicyclic) bond motifs is 1. The maximum absolute atomic E-state index is 12.7. The first-order chi connectivity index (χ1) is 23.1. The van der Waals surface area contributed by atoms with E-state index in [-0.39, 0.29) is 37.1 Å². The third-order valence-electron chi connectivity index (χ3n) is 6.57. The third-order valence-corrected chi connectivity index (χ3v) is 6.57. The number of aromatic nitrogens is 4. The second kappa shape index (κ2) is 17.1. The highest BCUT2D eigenvalue weighted by atomic mass is 16.6. The van der Waals surface area contributed by atoms with Gasteiger partial charge in [0.2, 0.25) is 5.95 Å². The monoisotopic (exact) mass is 665 g/mol. The van der Waals surface area contributed by atoms with Crippen molar-refractivity contribution in [1.29, 1.82) is 0 Å². The van der Waals surface area contributed by atoms with E-state index >= 15 is 0 Å². The van der Waals surface area contributed by atoms with E-state index in [1.54, 1.807) is 48.5 Å².